The molecule has 0 unspecified atom stereocenters. The number of fused-ring (bicyclic) bond motifs is 2. The molecule has 0 aliphatic carbocycles. The molecular weight excluding hydrogens is 721 g/mol. The quantitative estimate of drug-likeness (QED) is 0.134. The molecule has 0 atom stereocenters. The first-order valence-corrected chi connectivity index (χ1v) is 14.3. The molecule has 4 aromatic carbocycles. The van der Waals surface area contributed by atoms with Gasteiger partial charge in [-0.1, -0.05) is 89.8 Å². The van der Waals surface area contributed by atoms with Gasteiger partial charge in [0.15, 0.2) is 5.78 Å². The van der Waals surface area contributed by atoms with Crippen molar-refractivity contribution >= 4 is 27.6 Å². The molecule has 44 heavy (non-hydrogen) atoms. The summed E-state index contributed by atoms with van der Waals surface area (Å²) in [5.74, 6) is -0.375. The van der Waals surface area contributed by atoms with Gasteiger partial charge in [-0.2, -0.15) is 0 Å². The summed E-state index contributed by atoms with van der Waals surface area (Å²) in [7, 11) is 0. The third-order valence-electron chi connectivity index (χ3n) is 6.64. The number of para-hydroxylation sites is 2. The summed E-state index contributed by atoms with van der Waals surface area (Å²) >= 11 is 0. The van der Waals surface area contributed by atoms with E-state index in [1.807, 2.05) is 24.3 Å². The van der Waals surface area contributed by atoms with E-state index in [4.69, 9.17) is 9.97 Å². The van der Waals surface area contributed by atoms with Crippen molar-refractivity contribution in [1.29, 1.82) is 0 Å². The first-order chi connectivity index (χ1) is 20.6. The van der Waals surface area contributed by atoms with Gasteiger partial charge in [-0.3, -0.25) is 4.79 Å². The maximum Gasteiger partial charge on any atom is 0.151 e. The molecular formula is C39H37IrN2O2-. The smallest absolute Gasteiger partial charge is 0.151 e. The summed E-state index contributed by atoms with van der Waals surface area (Å²) in [6.45, 7) is 11.2. The zero-order valence-corrected chi connectivity index (χ0v) is 28.4. The molecule has 0 fully saturated rings. The topological polar surface area (TPSA) is 65.9 Å². The van der Waals surface area contributed by atoms with Crippen molar-refractivity contribution in [3.05, 3.63) is 143 Å². The average molecular weight is 758 g/mol. The van der Waals surface area contributed by atoms with Crippen molar-refractivity contribution in [1.82, 2.24) is 9.97 Å². The van der Waals surface area contributed by atoms with Gasteiger partial charge in [-0.15, -0.1) is 5.76 Å². The maximum atomic E-state index is 9.98. The van der Waals surface area contributed by atoms with E-state index >= 15 is 0 Å². The molecule has 0 saturated heterocycles. The van der Waals surface area contributed by atoms with Crippen LogP contribution in [0.4, 0.5) is 0 Å². The molecule has 2 heterocycles. The number of carbonyl (C=O) groups is 1. The van der Waals surface area contributed by atoms with Crippen molar-refractivity contribution in [2.24, 2.45) is 0 Å². The minimum absolute atomic E-state index is 0. The molecule has 0 aliphatic heterocycles. The number of allylic oxidation sites excluding steroid dienone is 2. The van der Waals surface area contributed by atoms with Crippen LogP contribution in [0.25, 0.3) is 44.3 Å². The molecule has 0 bridgehead atoms. The van der Waals surface area contributed by atoms with E-state index in [1.54, 1.807) is 0 Å². The Kier molecular flexibility index (Phi) is 12.3. The van der Waals surface area contributed by atoms with Crippen LogP contribution in [0.1, 0.15) is 36.1 Å². The number of aryl methyl sites for hydroxylation is 4. The molecule has 0 spiro atoms. The largest absolute Gasteiger partial charge is 0.876 e. The van der Waals surface area contributed by atoms with Gasteiger partial charge in [0.2, 0.25) is 0 Å². The van der Waals surface area contributed by atoms with E-state index < -0.39 is 0 Å². The second-order valence-corrected chi connectivity index (χ2v) is 10.9. The second-order valence-electron chi connectivity index (χ2n) is 10.9. The van der Waals surface area contributed by atoms with Gasteiger partial charge in [0.25, 0.3) is 0 Å². The van der Waals surface area contributed by atoms with Crippen molar-refractivity contribution in [2.45, 2.75) is 41.5 Å². The molecule has 0 N–H and O–H groups in total. The zero-order valence-electron chi connectivity index (χ0n) is 26.0. The molecule has 0 aliphatic rings. The number of ketones is 1. The number of benzene rings is 4. The van der Waals surface area contributed by atoms with Crippen LogP contribution in [0.5, 0.6) is 0 Å². The Morgan fingerprint density at radius 3 is 1.25 bits per heavy atom. The zero-order chi connectivity index (χ0) is 30.9. The van der Waals surface area contributed by atoms with E-state index in [1.165, 1.54) is 58.0 Å². The number of rotatable bonds is 3. The maximum absolute atomic E-state index is 9.98. The van der Waals surface area contributed by atoms with Crippen LogP contribution in [0.15, 0.2) is 121 Å². The van der Waals surface area contributed by atoms with Crippen LogP contribution in [0.2, 0.25) is 0 Å². The number of hydrogen-bond donors (Lipinski definition) is 0. The minimum atomic E-state index is -0.187. The fourth-order valence-electron chi connectivity index (χ4n) is 4.98. The van der Waals surface area contributed by atoms with Gasteiger partial charge in [-0.25, -0.2) is 9.97 Å². The number of aromatic nitrogens is 2. The molecule has 5 heteroatoms. The number of pyridine rings is 2. The van der Waals surface area contributed by atoms with E-state index in [9.17, 15) is 9.90 Å². The summed E-state index contributed by atoms with van der Waals surface area (Å²) in [4.78, 5) is 19.4. The SMILES string of the molecule is CC(=O)C=C(C)[O-].Cc1cc(C)cc(-c2ccc3ccccc3n2)c1.Cc1cc(C)cc(-c2ccc3ccccc3n2)c1.[Ir]. The van der Waals surface area contributed by atoms with E-state index in [0.29, 0.717) is 0 Å². The molecule has 1 radical (unpaired) electrons. The fraction of sp³-hybridized carbons (Fsp3) is 0.154. The molecule has 2 aromatic heterocycles. The summed E-state index contributed by atoms with van der Waals surface area (Å²) in [5.41, 5.74) is 11.7. The van der Waals surface area contributed by atoms with E-state index in [-0.39, 0.29) is 31.6 Å². The predicted molar refractivity (Wildman–Crippen MR) is 178 cm³/mol. The Bertz CT molecular complexity index is 1760. The van der Waals surface area contributed by atoms with Gasteiger partial charge >= 0.3 is 0 Å². The van der Waals surface area contributed by atoms with Crippen molar-refractivity contribution in [3.63, 3.8) is 0 Å². The fourth-order valence-corrected chi connectivity index (χ4v) is 4.98. The van der Waals surface area contributed by atoms with Gasteiger partial charge in [0, 0.05) is 42.0 Å². The van der Waals surface area contributed by atoms with Crippen LogP contribution >= 0.6 is 0 Å². The standard InChI is InChI=1S/2C17H15N.C5H8O2.Ir/c2*1-12-9-13(2)11-15(10-12)17-8-7-14-5-3-4-6-16(14)18-17;1-4(6)3-5(2)7;/h2*3-11H,1-2H3;3,6H,1-2H3;/p-1. The van der Waals surface area contributed by atoms with Crippen LogP contribution in [-0.2, 0) is 24.9 Å². The molecule has 6 rings (SSSR count). The Morgan fingerprint density at radius 1 is 0.568 bits per heavy atom. The number of carbonyl (C=O) groups excluding carboxylic acids is 1. The van der Waals surface area contributed by atoms with Gasteiger partial charge in [-0.05, 0) is 89.2 Å². The third kappa shape index (κ3) is 9.80. The second kappa shape index (κ2) is 15.9. The summed E-state index contributed by atoms with van der Waals surface area (Å²) < 4.78 is 0. The number of hydrogen-bond acceptors (Lipinski definition) is 4. The Morgan fingerprint density at radius 2 is 0.932 bits per heavy atom. The van der Waals surface area contributed by atoms with E-state index in [0.717, 1.165) is 28.5 Å². The van der Waals surface area contributed by atoms with Gasteiger partial charge in [0.05, 0.1) is 22.4 Å². The Balaban J connectivity index is 0.000000196. The van der Waals surface area contributed by atoms with Gasteiger partial charge < -0.3 is 5.11 Å². The summed E-state index contributed by atoms with van der Waals surface area (Å²) in [6, 6.07) is 38.0. The van der Waals surface area contributed by atoms with Crippen molar-refractivity contribution in [3.8, 4) is 22.5 Å². The van der Waals surface area contributed by atoms with Crippen molar-refractivity contribution in [2.75, 3.05) is 0 Å². The first kappa shape index (κ1) is 34.1. The first-order valence-electron chi connectivity index (χ1n) is 14.3. The van der Waals surface area contributed by atoms with Gasteiger partial charge in [0.1, 0.15) is 0 Å². The summed E-state index contributed by atoms with van der Waals surface area (Å²) in [5, 5.41) is 12.3. The van der Waals surface area contributed by atoms with Crippen LogP contribution in [-0.4, -0.2) is 15.8 Å². The van der Waals surface area contributed by atoms with Crippen molar-refractivity contribution < 1.29 is 30.0 Å². The summed E-state index contributed by atoms with van der Waals surface area (Å²) in [6.07, 6.45) is 1.06. The Labute approximate surface area is 273 Å². The monoisotopic (exact) mass is 758 g/mol. The predicted octanol–water partition coefficient (Wildman–Crippen LogP) is 8.87. The Hall–Kier alpha value is -4.44. The van der Waals surface area contributed by atoms with Crippen LogP contribution in [0.3, 0.4) is 0 Å². The van der Waals surface area contributed by atoms with Crippen LogP contribution < -0.4 is 5.11 Å². The average Bonchev–Trinajstić information content (AvgIpc) is 2.95. The normalized spacial score (nSPS) is 10.6. The number of nitrogens with zero attached hydrogens (tertiary/aromatic N) is 2. The van der Waals surface area contributed by atoms with Crippen LogP contribution in [0, 0.1) is 27.7 Å². The minimum Gasteiger partial charge on any atom is -0.876 e. The molecule has 225 valence electrons. The van der Waals surface area contributed by atoms with E-state index in [2.05, 4.69) is 113 Å². The molecule has 6 aromatic rings. The molecule has 0 saturated carbocycles. The molecule has 0 amide bonds. The third-order valence-corrected chi connectivity index (χ3v) is 6.64. The molecule has 4 nitrogen and oxygen atoms in total.